The molecule has 3 rings (SSSR count). The molecule has 0 unspecified atom stereocenters. The van der Waals surface area contributed by atoms with Gasteiger partial charge in [0, 0.05) is 10.7 Å². The summed E-state index contributed by atoms with van der Waals surface area (Å²) in [6, 6.07) is 11.0. The monoisotopic (exact) mass is 349 g/mol. The second kappa shape index (κ2) is 6.76. The van der Waals surface area contributed by atoms with Crippen LogP contribution >= 0.6 is 23.2 Å². The molecule has 5 nitrogen and oxygen atoms in total. The highest BCUT2D eigenvalue weighted by Gasteiger charge is 2.06. The van der Waals surface area contributed by atoms with E-state index in [9.17, 15) is 4.39 Å². The van der Waals surface area contributed by atoms with Crippen molar-refractivity contribution in [2.24, 2.45) is 0 Å². The molecule has 0 aliphatic rings. The Kier molecular flexibility index (Phi) is 4.55. The molecule has 0 spiro atoms. The van der Waals surface area contributed by atoms with Crippen molar-refractivity contribution in [1.82, 2.24) is 15.2 Å². The van der Waals surface area contributed by atoms with E-state index < -0.39 is 0 Å². The molecule has 1 heterocycles. The van der Waals surface area contributed by atoms with Gasteiger partial charge in [-0.15, -0.1) is 5.10 Å². The van der Waals surface area contributed by atoms with Crippen molar-refractivity contribution in [2.45, 2.75) is 0 Å². The second-order valence-electron chi connectivity index (χ2n) is 4.55. The molecule has 0 fully saturated rings. The first-order valence-corrected chi connectivity index (χ1v) is 7.30. The molecule has 0 radical (unpaired) electrons. The van der Waals surface area contributed by atoms with Gasteiger partial charge in [-0.1, -0.05) is 29.3 Å². The Bertz CT molecular complexity index is 844. The third kappa shape index (κ3) is 4.06. The third-order valence-corrected chi connectivity index (χ3v) is 3.38. The summed E-state index contributed by atoms with van der Waals surface area (Å²) in [5, 5.41) is 14.6. The average molecular weight is 350 g/mol. The minimum absolute atomic E-state index is 0.246. The van der Waals surface area contributed by atoms with Gasteiger partial charge in [0.2, 0.25) is 5.95 Å². The quantitative estimate of drug-likeness (QED) is 0.707. The van der Waals surface area contributed by atoms with Crippen LogP contribution in [-0.4, -0.2) is 15.2 Å². The van der Waals surface area contributed by atoms with Gasteiger partial charge >= 0.3 is 0 Å². The lowest BCUT2D eigenvalue weighted by atomic mass is 10.3. The van der Waals surface area contributed by atoms with Crippen LogP contribution in [-0.2, 0) is 0 Å². The highest BCUT2D eigenvalue weighted by molar-refractivity contribution is 6.36. The van der Waals surface area contributed by atoms with Crippen molar-refractivity contribution >= 4 is 46.3 Å². The summed E-state index contributed by atoms with van der Waals surface area (Å²) in [4.78, 5) is 4.25. The number of halogens is 3. The van der Waals surface area contributed by atoms with Crippen LogP contribution in [0.15, 0.2) is 48.7 Å². The predicted molar refractivity (Wildman–Crippen MR) is 89.3 cm³/mol. The maximum Gasteiger partial charge on any atom is 0.249 e. The number of anilines is 4. The van der Waals surface area contributed by atoms with Crippen LogP contribution in [0.25, 0.3) is 0 Å². The molecule has 2 aromatic carbocycles. The maximum absolute atomic E-state index is 13.2. The lowest BCUT2D eigenvalue weighted by molar-refractivity contribution is 0.628. The van der Waals surface area contributed by atoms with Gasteiger partial charge in [-0.25, -0.2) is 4.39 Å². The molecule has 23 heavy (non-hydrogen) atoms. The Morgan fingerprint density at radius 2 is 1.87 bits per heavy atom. The number of benzene rings is 2. The maximum atomic E-state index is 13.2. The van der Waals surface area contributed by atoms with Crippen LogP contribution in [0.1, 0.15) is 0 Å². The predicted octanol–water partition coefficient (Wildman–Crippen LogP) is 4.80. The first-order chi connectivity index (χ1) is 11.1. The van der Waals surface area contributed by atoms with Crippen LogP contribution in [0.5, 0.6) is 0 Å². The first-order valence-electron chi connectivity index (χ1n) is 6.54. The summed E-state index contributed by atoms with van der Waals surface area (Å²) in [5.41, 5.74) is 1.15. The van der Waals surface area contributed by atoms with E-state index in [2.05, 4.69) is 25.8 Å². The fourth-order valence-corrected chi connectivity index (χ4v) is 2.30. The average Bonchev–Trinajstić information content (AvgIpc) is 2.51. The lowest BCUT2D eigenvalue weighted by Gasteiger charge is -2.09. The van der Waals surface area contributed by atoms with Gasteiger partial charge in [-0.3, -0.25) is 0 Å². The van der Waals surface area contributed by atoms with Gasteiger partial charge in [0.05, 0.1) is 16.9 Å². The van der Waals surface area contributed by atoms with E-state index in [1.807, 2.05) is 0 Å². The number of rotatable bonds is 4. The molecule has 2 N–H and O–H groups in total. The minimum atomic E-state index is -0.344. The van der Waals surface area contributed by atoms with E-state index in [0.29, 0.717) is 27.2 Å². The van der Waals surface area contributed by atoms with Crippen LogP contribution in [0.3, 0.4) is 0 Å². The van der Waals surface area contributed by atoms with Crippen molar-refractivity contribution in [3.05, 3.63) is 64.5 Å². The Hall–Kier alpha value is -2.44. The van der Waals surface area contributed by atoms with Gasteiger partial charge in [-0.2, -0.15) is 10.1 Å². The number of aromatic nitrogens is 3. The van der Waals surface area contributed by atoms with Crippen LogP contribution in [0, 0.1) is 5.82 Å². The smallest absolute Gasteiger partial charge is 0.249 e. The SMILES string of the molecule is Fc1cccc(Nc2cnnc(Nc3ccc(Cl)cc3Cl)n2)c1. The molecule has 0 aliphatic carbocycles. The minimum Gasteiger partial charge on any atom is -0.339 e. The summed E-state index contributed by atoms with van der Waals surface area (Å²) in [6.45, 7) is 0. The third-order valence-electron chi connectivity index (χ3n) is 2.83. The second-order valence-corrected chi connectivity index (χ2v) is 5.39. The molecule has 0 bridgehead atoms. The van der Waals surface area contributed by atoms with Gasteiger partial charge < -0.3 is 10.6 Å². The zero-order valence-electron chi connectivity index (χ0n) is 11.6. The fraction of sp³-hybridized carbons (Fsp3) is 0. The normalized spacial score (nSPS) is 10.4. The molecule has 0 saturated carbocycles. The van der Waals surface area contributed by atoms with Crippen molar-refractivity contribution in [3.63, 3.8) is 0 Å². The number of nitrogens with zero attached hydrogens (tertiary/aromatic N) is 3. The summed E-state index contributed by atoms with van der Waals surface area (Å²) >= 11 is 11.9. The Morgan fingerprint density at radius 3 is 2.65 bits per heavy atom. The van der Waals surface area contributed by atoms with Gasteiger partial charge in [0.1, 0.15) is 5.82 Å². The first kappa shape index (κ1) is 15.5. The molecule has 116 valence electrons. The highest BCUT2D eigenvalue weighted by Crippen LogP contribution is 2.27. The Morgan fingerprint density at radius 1 is 1.00 bits per heavy atom. The topological polar surface area (TPSA) is 62.7 Å². The molecule has 0 amide bonds. The lowest BCUT2D eigenvalue weighted by Crippen LogP contribution is -2.02. The van der Waals surface area contributed by atoms with Crippen molar-refractivity contribution in [2.75, 3.05) is 10.6 Å². The van der Waals surface area contributed by atoms with E-state index in [0.717, 1.165) is 0 Å². The molecule has 1 aromatic heterocycles. The zero-order valence-corrected chi connectivity index (χ0v) is 13.1. The van der Waals surface area contributed by atoms with Gasteiger partial charge in [0.25, 0.3) is 0 Å². The highest BCUT2D eigenvalue weighted by atomic mass is 35.5. The van der Waals surface area contributed by atoms with Gasteiger partial charge in [-0.05, 0) is 36.4 Å². The summed E-state index contributed by atoms with van der Waals surface area (Å²) < 4.78 is 13.2. The van der Waals surface area contributed by atoms with Crippen LogP contribution in [0.2, 0.25) is 10.0 Å². The van der Waals surface area contributed by atoms with E-state index in [-0.39, 0.29) is 11.8 Å². The molecule has 8 heteroatoms. The van der Waals surface area contributed by atoms with Crippen molar-refractivity contribution in [3.8, 4) is 0 Å². The summed E-state index contributed by atoms with van der Waals surface area (Å²) in [5.74, 6) is 0.317. The molecule has 3 aromatic rings. The fourth-order valence-electron chi connectivity index (χ4n) is 1.84. The summed E-state index contributed by atoms with van der Waals surface area (Å²) in [7, 11) is 0. The van der Waals surface area contributed by atoms with Crippen molar-refractivity contribution < 1.29 is 4.39 Å². The van der Waals surface area contributed by atoms with E-state index >= 15 is 0 Å². The molecular weight excluding hydrogens is 340 g/mol. The number of hydrogen-bond donors (Lipinski definition) is 2. The number of hydrogen-bond acceptors (Lipinski definition) is 5. The van der Waals surface area contributed by atoms with E-state index in [1.54, 1.807) is 30.3 Å². The summed E-state index contributed by atoms with van der Waals surface area (Å²) in [6.07, 6.45) is 1.43. The van der Waals surface area contributed by atoms with Crippen LogP contribution in [0.4, 0.5) is 27.5 Å². The van der Waals surface area contributed by atoms with E-state index in [4.69, 9.17) is 23.2 Å². The van der Waals surface area contributed by atoms with Crippen molar-refractivity contribution in [1.29, 1.82) is 0 Å². The standard InChI is InChI=1S/C15H10Cl2FN5/c16-9-4-5-13(12(17)6-9)21-15-22-14(8-19-23-15)20-11-3-1-2-10(18)7-11/h1-8H,(H2,20,21,22,23). The molecular formula is C15H10Cl2FN5. The van der Waals surface area contributed by atoms with Gasteiger partial charge in [0.15, 0.2) is 5.82 Å². The van der Waals surface area contributed by atoms with E-state index in [1.165, 1.54) is 18.3 Å². The van der Waals surface area contributed by atoms with Crippen LogP contribution < -0.4 is 10.6 Å². The largest absolute Gasteiger partial charge is 0.339 e. The molecule has 0 saturated heterocycles. The zero-order chi connectivity index (χ0) is 16.2. The Labute approximate surface area is 141 Å². The number of nitrogens with one attached hydrogen (secondary N) is 2. The Balaban J connectivity index is 1.79. The molecule has 0 aliphatic heterocycles. The molecule has 0 atom stereocenters.